The number of amides is 1. The van der Waals surface area contributed by atoms with E-state index in [1.165, 1.54) is 11.6 Å². The number of nitrogens with zero attached hydrogens (tertiary/aromatic N) is 1. The molecule has 5 heteroatoms. The van der Waals surface area contributed by atoms with Crippen molar-refractivity contribution in [3.05, 3.63) is 65.5 Å². The Labute approximate surface area is 141 Å². The molecule has 0 aliphatic rings. The zero-order valence-electron chi connectivity index (χ0n) is 14.1. The topological polar surface area (TPSA) is 53.5 Å². The molecule has 0 unspecified atom stereocenters. The predicted octanol–water partition coefficient (Wildman–Crippen LogP) is 3.69. The van der Waals surface area contributed by atoms with E-state index < -0.39 is 5.82 Å². The molecule has 0 bridgehead atoms. The van der Waals surface area contributed by atoms with E-state index in [0.29, 0.717) is 0 Å². The largest absolute Gasteiger partial charge is 0.374 e. The summed E-state index contributed by atoms with van der Waals surface area (Å²) in [7, 11) is 0. The Morgan fingerprint density at radius 2 is 1.79 bits per heavy atom. The number of halogens is 1. The minimum Gasteiger partial charge on any atom is -0.374 e. The van der Waals surface area contributed by atoms with Crippen LogP contribution in [0.15, 0.2) is 53.6 Å². The molecular formula is C19H22FN3O. The predicted molar refractivity (Wildman–Crippen MR) is 95.8 cm³/mol. The highest BCUT2D eigenvalue weighted by Gasteiger charge is 2.12. The quantitative estimate of drug-likeness (QED) is 0.650. The van der Waals surface area contributed by atoms with Gasteiger partial charge in [0.25, 0.3) is 5.91 Å². The van der Waals surface area contributed by atoms with Crippen LogP contribution < -0.4 is 10.7 Å². The second kappa shape index (κ2) is 7.73. The number of rotatable bonds is 5. The molecule has 0 aromatic heterocycles. The van der Waals surface area contributed by atoms with Gasteiger partial charge < -0.3 is 5.32 Å². The number of hydrazone groups is 1. The first-order chi connectivity index (χ1) is 11.4. The minimum absolute atomic E-state index is 0.0543. The van der Waals surface area contributed by atoms with Gasteiger partial charge in [-0.1, -0.05) is 57.2 Å². The molecule has 0 aliphatic carbocycles. The smallest absolute Gasteiger partial charge is 0.259 e. The number of carbonyl (C=O) groups excluding carboxylic acids is 1. The van der Waals surface area contributed by atoms with Crippen LogP contribution in [0.4, 0.5) is 10.1 Å². The zero-order chi connectivity index (χ0) is 17.6. The number of benzene rings is 2. The molecule has 1 amide bonds. The zero-order valence-corrected chi connectivity index (χ0v) is 14.1. The molecule has 2 rings (SSSR count). The molecule has 0 saturated carbocycles. The first-order valence-corrected chi connectivity index (χ1v) is 7.77. The van der Waals surface area contributed by atoms with Gasteiger partial charge in [0.1, 0.15) is 5.82 Å². The summed E-state index contributed by atoms with van der Waals surface area (Å²) in [5.41, 5.74) is 4.93. The molecule has 0 atom stereocenters. The fourth-order valence-electron chi connectivity index (χ4n) is 2.07. The van der Waals surface area contributed by atoms with E-state index in [2.05, 4.69) is 36.6 Å². The summed E-state index contributed by atoms with van der Waals surface area (Å²) in [6, 6.07) is 14.2. The van der Waals surface area contributed by atoms with Crippen LogP contribution in [0, 0.1) is 5.82 Å². The maximum Gasteiger partial charge on any atom is 0.259 e. The Kier molecular flexibility index (Phi) is 5.68. The van der Waals surface area contributed by atoms with E-state index in [0.717, 1.165) is 5.56 Å². The molecule has 0 saturated heterocycles. The van der Waals surface area contributed by atoms with Crippen molar-refractivity contribution in [3.63, 3.8) is 0 Å². The lowest BCUT2D eigenvalue weighted by Crippen LogP contribution is -2.26. The summed E-state index contributed by atoms with van der Waals surface area (Å²) in [4.78, 5) is 11.7. The molecule has 0 aliphatic heterocycles. The van der Waals surface area contributed by atoms with Gasteiger partial charge in [0, 0.05) is 0 Å². The average molecular weight is 327 g/mol. The van der Waals surface area contributed by atoms with Gasteiger partial charge in [-0.05, 0) is 28.7 Å². The fraction of sp³-hybridized carbons (Fsp3) is 0.263. The third-order valence-electron chi connectivity index (χ3n) is 3.49. The highest BCUT2D eigenvalue weighted by molar-refractivity contribution is 5.84. The van der Waals surface area contributed by atoms with Gasteiger partial charge in [0.2, 0.25) is 0 Å². The van der Waals surface area contributed by atoms with Crippen molar-refractivity contribution in [3.8, 4) is 0 Å². The van der Waals surface area contributed by atoms with Gasteiger partial charge >= 0.3 is 0 Å². The van der Waals surface area contributed by atoms with Crippen molar-refractivity contribution in [2.75, 3.05) is 11.9 Å². The third kappa shape index (κ3) is 5.19. The molecule has 24 heavy (non-hydrogen) atoms. The first kappa shape index (κ1) is 17.7. The summed E-state index contributed by atoms with van der Waals surface area (Å²) in [5, 5.41) is 6.63. The Bertz CT molecular complexity index is 718. The molecule has 2 aromatic carbocycles. The summed E-state index contributed by atoms with van der Waals surface area (Å²) < 4.78 is 13.4. The van der Waals surface area contributed by atoms with Crippen molar-refractivity contribution in [1.29, 1.82) is 0 Å². The van der Waals surface area contributed by atoms with E-state index in [-0.39, 0.29) is 23.6 Å². The van der Waals surface area contributed by atoms with Crippen molar-refractivity contribution >= 4 is 17.8 Å². The number of hydrogen-bond donors (Lipinski definition) is 2. The first-order valence-electron chi connectivity index (χ1n) is 7.77. The Hall–Kier alpha value is -2.69. The van der Waals surface area contributed by atoms with E-state index in [9.17, 15) is 9.18 Å². The van der Waals surface area contributed by atoms with Crippen LogP contribution in [-0.4, -0.2) is 18.7 Å². The van der Waals surface area contributed by atoms with Crippen molar-refractivity contribution in [2.24, 2.45) is 5.10 Å². The molecule has 0 fully saturated rings. The molecule has 4 nitrogen and oxygen atoms in total. The van der Waals surface area contributed by atoms with E-state index in [1.54, 1.807) is 24.4 Å². The highest BCUT2D eigenvalue weighted by Crippen LogP contribution is 2.21. The summed E-state index contributed by atoms with van der Waals surface area (Å²) in [6.45, 7) is 6.40. The summed E-state index contributed by atoms with van der Waals surface area (Å²) in [5.74, 6) is -0.742. The maximum atomic E-state index is 13.4. The van der Waals surface area contributed by atoms with Gasteiger partial charge in [-0.2, -0.15) is 5.10 Å². The lowest BCUT2D eigenvalue weighted by atomic mass is 9.87. The molecular weight excluding hydrogens is 305 g/mol. The third-order valence-corrected chi connectivity index (χ3v) is 3.49. The van der Waals surface area contributed by atoms with Crippen molar-refractivity contribution < 1.29 is 9.18 Å². The Balaban J connectivity index is 1.83. The second-order valence-corrected chi connectivity index (χ2v) is 6.50. The number of anilines is 1. The molecule has 126 valence electrons. The van der Waals surface area contributed by atoms with E-state index >= 15 is 0 Å². The summed E-state index contributed by atoms with van der Waals surface area (Å²) in [6.07, 6.45) is 1.58. The van der Waals surface area contributed by atoms with Crippen LogP contribution in [-0.2, 0) is 10.2 Å². The standard InChI is InChI=1S/C19H22FN3O/c1-19(2,3)15-10-8-14(9-11-15)12-22-23-18(24)13-21-17-7-5-4-6-16(17)20/h4-12,21H,13H2,1-3H3,(H,23,24)/b22-12+. The van der Waals surface area contributed by atoms with Crippen LogP contribution in [0.2, 0.25) is 0 Å². The van der Waals surface area contributed by atoms with Crippen molar-refractivity contribution in [1.82, 2.24) is 5.43 Å². The van der Waals surface area contributed by atoms with Crippen LogP contribution in [0.5, 0.6) is 0 Å². The van der Waals surface area contributed by atoms with E-state index in [1.807, 2.05) is 24.3 Å². The number of hydrogen-bond acceptors (Lipinski definition) is 3. The maximum absolute atomic E-state index is 13.4. The average Bonchev–Trinajstić information content (AvgIpc) is 2.54. The lowest BCUT2D eigenvalue weighted by Gasteiger charge is -2.18. The van der Waals surface area contributed by atoms with E-state index in [4.69, 9.17) is 0 Å². The number of para-hydroxylation sites is 1. The van der Waals surface area contributed by atoms with Crippen LogP contribution in [0.25, 0.3) is 0 Å². The van der Waals surface area contributed by atoms with Gasteiger partial charge in [-0.15, -0.1) is 0 Å². The highest BCUT2D eigenvalue weighted by atomic mass is 19.1. The van der Waals surface area contributed by atoms with Crippen molar-refractivity contribution in [2.45, 2.75) is 26.2 Å². The monoisotopic (exact) mass is 327 g/mol. The van der Waals surface area contributed by atoms with Gasteiger partial charge in [-0.25, -0.2) is 9.82 Å². The van der Waals surface area contributed by atoms with Crippen LogP contribution in [0.1, 0.15) is 31.9 Å². The lowest BCUT2D eigenvalue weighted by molar-refractivity contribution is -0.119. The molecule has 0 radical (unpaired) electrons. The Morgan fingerprint density at radius 1 is 1.12 bits per heavy atom. The number of nitrogens with one attached hydrogen (secondary N) is 2. The van der Waals surface area contributed by atoms with Gasteiger partial charge in [0.15, 0.2) is 0 Å². The number of carbonyl (C=O) groups is 1. The molecule has 2 N–H and O–H groups in total. The molecule has 0 heterocycles. The molecule has 2 aromatic rings. The Morgan fingerprint density at radius 3 is 2.42 bits per heavy atom. The normalized spacial score (nSPS) is 11.5. The van der Waals surface area contributed by atoms with Crippen LogP contribution in [0.3, 0.4) is 0 Å². The molecule has 0 spiro atoms. The minimum atomic E-state index is -0.396. The summed E-state index contributed by atoms with van der Waals surface area (Å²) >= 11 is 0. The van der Waals surface area contributed by atoms with Gasteiger partial charge in [0.05, 0.1) is 18.4 Å². The second-order valence-electron chi connectivity index (χ2n) is 6.50. The fourth-order valence-corrected chi connectivity index (χ4v) is 2.07. The van der Waals surface area contributed by atoms with Gasteiger partial charge in [-0.3, -0.25) is 4.79 Å². The SMILES string of the molecule is CC(C)(C)c1ccc(/C=N/NC(=O)CNc2ccccc2F)cc1. The van der Waals surface area contributed by atoms with Crippen LogP contribution >= 0.6 is 0 Å².